The third-order valence-electron chi connectivity index (χ3n) is 3.33. The van der Waals surface area contributed by atoms with Gasteiger partial charge in [-0.05, 0) is 18.6 Å². The first-order valence-corrected chi connectivity index (χ1v) is 6.61. The van der Waals surface area contributed by atoms with Crippen molar-refractivity contribution in [3.05, 3.63) is 34.6 Å². The minimum absolute atomic E-state index is 0.0270. The molecule has 2 rings (SSSR count). The number of aliphatic hydroxyl groups excluding tert-OH is 1. The van der Waals surface area contributed by atoms with E-state index in [0.29, 0.717) is 17.0 Å². The summed E-state index contributed by atoms with van der Waals surface area (Å²) in [4.78, 5) is 2.18. The fraction of sp³-hybridized carbons (Fsp3) is 0.538. The average molecular weight is 273 g/mol. The Balaban J connectivity index is 2.28. The van der Waals surface area contributed by atoms with E-state index in [4.69, 9.17) is 11.6 Å². The highest BCUT2D eigenvalue weighted by Gasteiger charge is 2.26. The highest BCUT2D eigenvalue weighted by molar-refractivity contribution is 6.31. The summed E-state index contributed by atoms with van der Waals surface area (Å²) >= 11 is 6.12. The highest BCUT2D eigenvalue weighted by Crippen LogP contribution is 2.32. The van der Waals surface area contributed by atoms with Crippen molar-refractivity contribution < 1.29 is 9.50 Å². The lowest BCUT2D eigenvalue weighted by Gasteiger charge is -2.35. The molecule has 1 aliphatic rings. The van der Waals surface area contributed by atoms with Gasteiger partial charge < -0.3 is 10.4 Å². The van der Waals surface area contributed by atoms with Gasteiger partial charge in [-0.25, -0.2) is 4.39 Å². The van der Waals surface area contributed by atoms with Gasteiger partial charge in [0.05, 0.1) is 0 Å². The van der Waals surface area contributed by atoms with Crippen LogP contribution in [0.25, 0.3) is 0 Å². The Hall–Kier alpha value is -0.680. The minimum Gasteiger partial charge on any atom is -0.396 e. The van der Waals surface area contributed by atoms with Crippen LogP contribution in [0, 0.1) is 5.82 Å². The summed E-state index contributed by atoms with van der Waals surface area (Å²) in [6, 6.07) is 4.58. The van der Waals surface area contributed by atoms with E-state index in [9.17, 15) is 9.50 Å². The van der Waals surface area contributed by atoms with E-state index in [1.54, 1.807) is 12.1 Å². The monoisotopic (exact) mass is 272 g/mol. The molecule has 1 fully saturated rings. The van der Waals surface area contributed by atoms with Crippen LogP contribution >= 0.6 is 11.6 Å². The lowest BCUT2D eigenvalue weighted by atomic mass is 10.0. The van der Waals surface area contributed by atoms with Crippen molar-refractivity contribution in [1.29, 1.82) is 0 Å². The molecule has 0 aromatic heterocycles. The summed E-state index contributed by atoms with van der Waals surface area (Å²) in [5.41, 5.74) is 0.509. The van der Waals surface area contributed by atoms with Gasteiger partial charge in [-0.1, -0.05) is 17.7 Å². The van der Waals surface area contributed by atoms with Crippen molar-refractivity contribution >= 4 is 11.6 Å². The van der Waals surface area contributed by atoms with Gasteiger partial charge in [0.2, 0.25) is 0 Å². The maximum Gasteiger partial charge on any atom is 0.129 e. The molecule has 1 saturated heterocycles. The molecule has 0 spiro atoms. The Morgan fingerprint density at radius 1 is 1.39 bits per heavy atom. The van der Waals surface area contributed by atoms with E-state index in [1.165, 1.54) is 6.07 Å². The summed E-state index contributed by atoms with van der Waals surface area (Å²) < 4.78 is 14.0. The highest BCUT2D eigenvalue weighted by atomic mass is 35.5. The molecule has 0 radical (unpaired) electrons. The molecule has 1 aromatic carbocycles. The summed E-state index contributed by atoms with van der Waals surface area (Å²) in [6.45, 7) is 3.48. The van der Waals surface area contributed by atoms with Gasteiger partial charge in [0.15, 0.2) is 0 Å². The smallest absolute Gasteiger partial charge is 0.129 e. The standard InChI is InChI=1S/C13H18ClFN2O/c14-10-2-1-3-11(15)13(10)12(4-9-18)17-7-5-16-6-8-17/h1-3,12,16,18H,4-9H2/t12-/m0/s1. The van der Waals surface area contributed by atoms with E-state index < -0.39 is 0 Å². The van der Waals surface area contributed by atoms with Crippen LogP contribution in [0.2, 0.25) is 5.02 Å². The van der Waals surface area contributed by atoms with E-state index in [0.717, 1.165) is 26.2 Å². The van der Waals surface area contributed by atoms with Gasteiger partial charge in [-0.15, -0.1) is 0 Å². The number of piperazine rings is 1. The molecule has 1 aromatic rings. The molecular weight excluding hydrogens is 255 g/mol. The number of halogens is 2. The molecule has 2 N–H and O–H groups in total. The molecule has 1 aliphatic heterocycles. The second-order valence-corrected chi connectivity index (χ2v) is 4.86. The molecule has 18 heavy (non-hydrogen) atoms. The van der Waals surface area contributed by atoms with Gasteiger partial charge in [-0.3, -0.25) is 4.90 Å². The number of hydrogen-bond acceptors (Lipinski definition) is 3. The molecular formula is C13H18ClFN2O. The van der Waals surface area contributed by atoms with Crippen LogP contribution in [0.3, 0.4) is 0 Å². The third-order valence-corrected chi connectivity index (χ3v) is 3.66. The van der Waals surface area contributed by atoms with Crippen LogP contribution in [-0.4, -0.2) is 42.8 Å². The van der Waals surface area contributed by atoms with Crippen LogP contribution in [0.1, 0.15) is 18.0 Å². The van der Waals surface area contributed by atoms with E-state index in [1.807, 2.05) is 0 Å². The largest absolute Gasteiger partial charge is 0.396 e. The van der Waals surface area contributed by atoms with Crippen molar-refractivity contribution in [3.8, 4) is 0 Å². The van der Waals surface area contributed by atoms with E-state index >= 15 is 0 Å². The number of nitrogens with zero attached hydrogens (tertiary/aromatic N) is 1. The average Bonchev–Trinajstić information content (AvgIpc) is 2.38. The maximum absolute atomic E-state index is 14.0. The van der Waals surface area contributed by atoms with Crippen LogP contribution in [-0.2, 0) is 0 Å². The van der Waals surface area contributed by atoms with Crippen molar-refractivity contribution in [2.45, 2.75) is 12.5 Å². The molecule has 0 unspecified atom stereocenters. The van der Waals surface area contributed by atoms with Gasteiger partial charge in [0.1, 0.15) is 5.82 Å². The minimum atomic E-state index is -0.292. The maximum atomic E-state index is 14.0. The first-order chi connectivity index (χ1) is 8.74. The first kappa shape index (κ1) is 13.7. The van der Waals surface area contributed by atoms with Crippen molar-refractivity contribution in [3.63, 3.8) is 0 Å². The Bertz CT molecular complexity index is 376. The molecule has 100 valence electrons. The Morgan fingerprint density at radius 2 is 2.11 bits per heavy atom. The van der Waals surface area contributed by atoms with Crippen LogP contribution in [0.4, 0.5) is 4.39 Å². The lowest BCUT2D eigenvalue weighted by molar-refractivity contribution is 0.138. The van der Waals surface area contributed by atoms with E-state index in [-0.39, 0.29) is 18.5 Å². The fourth-order valence-corrected chi connectivity index (χ4v) is 2.74. The molecule has 5 heteroatoms. The second-order valence-electron chi connectivity index (χ2n) is 4.45. The Labute approximate surface area is 112 Å². The normalized spacial score (nSPS) is 18.8. The molecule has 1 atom stereocenters. The zero-order valence-corrected chi connectivity index (χ0v) is 11.0. The number of aliphatic hydroxyl groups is 1. The second kappa shape index (κ2) is 6.48. The first-order valence-electron chi connectivity index (χ1n) is 6.23. The van der Waals surface area contributed by atoms with Crippen molar-refractivity contribution in [2.24, 2.45) is 0 Å². The van der Waals surface area contributed by atoms with Crippen LogP contribution < -0.4 is 5.32 Å². The van der Waals surface area contributed by atoms with E-state index in [2.05, 4.69) is 10.2 Å². The molecule has 3 nitrogen and oxygen atoms in total. The van der Waals surface area contributed by atoms with Gasteiger partial charge in [-0.2, -0.15) is 0 Å². The molecule has 0 amide bonds. The quantitative estimate of drug-likeness (QED) is 0.878. The predicted molar refractivity (Wildman–Crippen MR) is 70.3 cm³/mol. The molecule has 0 aliphatic carbocycles. The van der Waals surface area contributed by atoms with Gasteiger partial charge in [0.25, 0.3) is 0 Å². The number of rotatable bonds is 4. The Kier molecular flexibility index (Phi) is 4.95. The topological polar surface area (TPSA) is 35.5 Å². The van der Waals surface area contributed by atoms with Gasteiger partial charge >= 0.3 is 0 Å². The van der Waals surface area contributed by atoms with Crippen molar-refractivity contribution in [2.75, 3.05) is 32.8 Å². The Morgan fingerprint density at radius 3 is 2.72 bits per heavy atom. The summed E-state index contributed by atoms with van der Waals surface area (Å²) in [5, 5.41) is 12.9. The lowest BCUT2D eigenvalue weighted by Crippen LogP contribution is -2.45. The molecule has 0 bridgehead atoms. The van der Waals surface area contributed by atoms with Gasteiger partial charge in [0, 0.05) is 49.4 Å². The molecule has 0 saturated carbocycles. The summed E-state index contributed by atoms with van der Waals surface area (Å²) in [6.07, 6.45) is 0.501. The number of benzene rings is 1. The number of nitrogens with one attached hydrogen (secondary N) is 1. The zero-order chi connectivity index (χ0) is 13.0. The SMILES string of the molecule is OCC[C@@H](c1c(F)cccc1Cl)N1CCNCC1. The number of hydrogen-bond donors (Lipinski definition) is 2. The van der Waals surface area contributed by atoms with Crippen LogP contribution in [0.5, 0.6) is 0 Å². The van der Waals surface area contributed by atoms with Crippen molar-refractivity contribution in [1.82, 2.24) is 10.2 Å². The summed E-state index contributed by atoms with van der Waals surface area (Å²) in [5.74, 6) is -0.292. The molecule has 1 heterocycles. The third kappa shape index (κ3) is 3.01. The zero-order valence-electron chi connectivity index (χ0n) is 10.2. The van der Waals surface area contributed by atoms with Crippen LogP contribution in [0.15, 0.2) is 18.2 Å². The predicted octanol–water partition coefficient (Wildman–Crippen LogP) is 1.81. The fourth-order valence-electron chi connectivity index (χ4n) is 2.45. The summed E-state index contributed by atoms with van der Waals surface area (Å²) in [7, 11) is 0.